The van der Waals surface area contributed by atoms with Gasteiger partial charge in [-0.05, 0) is 23.6 Å². The highest BCUT2D eigenvalue weighted by atomic mass is 32.1. The molecule has 0 aliphatic heterocycles. The average Bonchev–Trinajstić information content (AvgIpc) is 3.38. The second kappa shape index (κ2) is 8.86. The van der Waals surface area contributed by atoms with Gasteiger partial charge in [0.15, 0.2) is 6.61 Å². The molecule has 2 heterocycles. The van der Waals surface area contributed by atoms with Crippen LogP contribution in [-0.4, -0.2) is 28.6 Å². The van der Waals surface area contributed by atoms with Crippen molar-refractivity contribution in [1.82, 2.24) is 15.5 Å². The van der Waals surface area contributed by atoms with Crippen molar-refractivity contribution < 1.29 is 32.0 Å². The third kappa shape index (κ3) is 5.64. The quantitative estimate of drug-likeness (QED) is 0.581. The number of nitrogens with one attached hydrogen (secondary N) is 1. The number of amides is 1. The van der Waals surface area contributed by atoms with E-state index in [1.165, 1.54) is 23.5 Å². The van der Waals surface area contributed by atoms with Gasteiger partial charge in [0.1, 0.15) is 0 Å². The van der Waals surface area contributed by atoms with Crippen molar-refractivity contribution in [3.63, 3.8) is 0 Å². The van der Waals surface area contributed by atoms with Gasteiger partial charge in [0.2, 0.25) is 5.82 Å². The number of alkyl halides is 3. The molecule has 1 aromatic carbocycles. The smallest absolute Gasteiger partial charge is 0.416 e. The number of carbonyl (C=O) groups is 2. The Kier molecular flexibility index (Phi) is 6.27. The third-order valence-electron chi connectivity index (χ3n) is 3.69. The first kappa shape index (κ1) is 20.5. The maximum atomic E-state index is 12.6. The number of nitrogens with zero attached hydrogens (tertiary/aromatic N) is 2. The summed E-state index contributed by atoms with van der Waals surface area (Å²) in [6.45, 7) is -0.181. The van der Waals surface area contributed by atoms with Crippen LogP contribution in [0.1, 0.15) is 28.2 Å². The summed E-state index contributed by atoms with van der Waals surface area (Å²) in [6, 6.07) is 5.94. The van der Waals surface area contributed by atoms with Gasteiger partial charge in [-0.3, -0.25) is 9.59 Å². The van der Waals surface area contributed by atoms with Gasteiger partial charge in [0.25, 0.3) is 11.8 Å². The lowest BCUT2D eigenvalue weighted by molar-refractivity contribution is -0.145. The molecule has 0 aliphatic rings. The Morgan fingerprint density at radius 1 is 1.17 bits per heavy atom. The number of thiophene rings is 1. The van der Waals surface area contributed by atoms with E-state index < -0.39 is 17.7 Å². The molecule has 0 radical (unpaired) electrons. The number of aromatic nitrogens is 2. The van der Waals surface area contributed by atoms with Gasteiger partial charge in [-0.1, -0.05) is 17.3 Å². The summed E-state index contributed by atoms with van der Waals surface area (Å²) in [5, 5.41) is 9.71. The van der Waals surface area contributed by atoms with Crippen LogP contribution in [0, 0.1) is 0 Å². The molecule has 11 heteroatoms. The zero-order valence-electron chi connectivity index (χ0n) is 14.7. The predicted octanol–water partition coefficient (Wildman–Crippen LogP) is 3.68. The van der Waals surface area contributed by atoms with Crippen molar-refractivity contribution in [3.05, 3.63) is 58.1 Å². The second-order valence-corrected chi connectivity index (χ2v) is 6.55. The molecular weight excluding hydrogens is 411 g/mol. The first-order valence-corrected chi connectivity index (χ1v) is 9.23. The van der Waals surface area contributed by atoms with Crippen LogP contribution in [-0.2, 0) is 22.3 Å². The first-order chi connectivity index (χ1) is 13.8. The Bertz CT molecular complexity index is 969. The standard InChI is InChI=1S/C18H14F3N3O4S/c19-18(20,21)13-3-1-11(2-4-13)16-23-14(28-24-16)9-27-15(25)5-7-22-17(26)12-6-8-29-10-12/h1-4,6,8,10H,5,7,9H2,(H,22,26). The molecule has 0 fully saturated rings. The molecule has 3 rings (SSSR count). The average molecular weight is 425 g/mol. The number of rotatable bonds is 7. The van der Waals surface area contributed by atoms with Crippen LogP contribution in [0.3, 0.4) is 0 Å². The molecule has 0 unspecified atom stereocenters. The molecule has 2 aromatic heterocycles. The van der Waals surface area contributed by atoms with Crippen LogP contribution in [0.4, 0.5) is 13.2 Å². The van der Waals surface area contributed by atoms with Crippen molar-refractivity contribution in [2.24, 2.45) is 0 Å². The Balaban J connectivity index is 1.45. The van der Waals surface area contributed by atoms with Gasteiger partial charge in [-0.15, -0.1) is 0 Å². The molecule has 3 aromatic rings. The van der Waals surface area contributed by atoms with Gasteiger partial charge >= 0.3 is 12.1 Å². The molecule has 152 valence electrons. The van der Waals surface area contributed by atoms with Gasteiger partial charge in [-0.2, -0.15) is 29.5 Å². The number of hydrogen-bond acceptors (Lipinski definition) is 7. The van der Waals surface area contributed by atoms with E-state index in [9.17, 15) is 22.8 Å². The summed E-state index contributed by atoms with van der Waals surface area (Å²) in [6.07, 6.45) is -4.48. The fourth-order valence-electron chi connectivity index (χ4n) is 2.23. The minimum absolute atomic E-state index is 0.00411. The molecule has 0 aliphatic carbocycles. The molecule has 1 N–H and O–H groups in total. The third-order valence-corrected chi connectivity index (χ3v) is 4.38. The fourth-order valence-corrected chi connectivity index (χ4v) is 2.86. The number of ether oxygens (including phenoxy) is 1. The monoisotopic (exact) mass is 425 g/mol. The summed E-state index contributed by atoms with van der Waals surface area (Å²) < 4.78 is 47.7. The van der Waals surface area contributed by atoms with Gasteiger partial charge < -0.3 is 14.6 Å². The summed E-state index contributed by atoms with van der Waals surface area (Å²) in [5.74, 6) is -0.787. The van der Waals surface area contributed by atoms with Crippen LogP contribution < -0.4 is 5.32 Å². The van der Waals surface area contributed by atoms with Crippen molar-refractivity contribution in [3.8, 4) is 11.4 Å². The first-order valence-electron chi connectivity index (χ1n) is 8.29. The summed E-state index contributed by atoms with van der Waals surface area (Å²) >= 11 is 1.39. The van der Waals surface area contributed by atoms with Crippen molar-refractivity contribution in [1.29, 1.82) is 0 Å². The van der Waals surface area contributed by atoms with E-state index in [4.69, 9.17) is 9.26 Å². The number of esters is 1. The minimum Gasteiger partial charge on any atom is -0.456 e. The predicted molar refractivity (Wildman–Crippen MR) is 95.8 cm³/mol. The van der Waals surface area contributed by atoms with Crippen LogP contribution in [0.25, 0.3) is 11.4 Å². The lowest BCUT2D eigenvalue weighted by Crippen LogP contribution is -2.26. The van der Waals surface area contributed by atoms with E-state index in [1.807, 2.05) is 0 Å². The molecule has 0 atom stereocenters. The highest BCUT2D eigenvalue weighted by Gasteiger charge is 2.30. The summed E-state index contributed by atoms with van der Waals surface area (Å²) in [7, 11) is 0. The second-order valence-electron chi connectivity index (χ2n) is 5.77. The van der Waals surface area contributed by atoms with E-state index in [1.54, 1.807) is 16.8 Å². The molecular formula is C18H14F3N3O4S. The molecule has 0 saturated heterocycles. The maximum Gasteiger partial charge on any atom is 0.416 e. The largest absolute Gasteiger partial charge is 0.456 e. The molecule has 7 nitrogen and oxygen atoms in total. The van der Waals surface area contributed by atoms with Crippen molar-refractivity contribution in [2.75, 3.05) is 6.54 Å². The Hall–Kier alpha value is -3.21. The topological polar surface area (TPSA) is 94.3 Å². The number of benzene rings is 1. The normalized spacial score (nSPS) is 11.3. The lowest BCUT2D eigenvalue weighted by Gasteiger charge is -2.05. The van der Waals surface area contributed by atoms with Crippen LogP contribution in [0.5, 0.6) is 0 Å². The molecule has 0 bridgehead atoms. The number of hydrogen-bond donors (Lipinski definition) is 1. The van der Waals surface area contributed by atoms with E-state index in [0.717, 1.165) is 12.1 Å². The Labute approximate surface area is 166 Å². The van der Waals surface area contributed by atoms with Crippen molar-refractivity contribution in [2.45, 2.75) is 19.2 Å². The van der Waals surface area contributed by atoms with E-state index in [-0.39, 0.29) is 37.2 Å². The number of carbonyl (C=O) groups excluding carboxylic acids is 2. The van der Waals surface area contributed by atoms with E-state index >= 15 is 0 Å². The number of halogens is 3. The van der Waals surface area contributed by atoms with E-state index in [2.05, 4.69) is 15.5 Å². The summed E-state index contributed by atoms with van der Waals surface area (Å²) in [4.78, 5) is 27.4. The summed E-state index contributed by atoms with van der Waals surface area (Å²) in [5.41, 5.74) is 0.0606. The highest BCUT2D eigenvalue weighted by Crippen LogP contribution is 2.30. The maximum absolute atomic E-state index is 12.6. The molecule has 1 amide bonds. The van der Waals surface area contributed by atoms with Crippen LogP contribution in [0.2, 0.25) is 0 Å². The lowest BCUT2D eigenvalue weighted by atomic mass is 10.1. The highest BCUT2D eigenvalue weighted by molar-refractivity contribution is 7.08. The Morgan fingerprint density at radius 3 is 2.59 bits per heavy atom. The molecule has 0 saturated carbocycles. The van der Waals surface area contributed by atoms with E-state index in [0.29, 0.717) is 11.1 Å². The minimum atomic E-state index is -4.43. The van der Waals surface area contributed by atoms with Crippen LogP contribution in [0.15, 0.2) is 45.6 Å². The zero-order valence-corrected chi connectivity index (χ0v) is 15.5. The fraction of sp³-hybridized carbons (Fsp3) is 0.222. The van der Waals surface area contributed by atoms with Gasteiger partial charge in [-0.25, -0.2) is 0 Å². The Morgan fingerprint density at radius 2 is 1.93 bits per heavy atom. The molecule has 29 heavy (non-hydrogen) atoms. The van der Waals surface area contributed by atoms with Crippen molar-refractivity contribution >= 4 is 23.2 Å². The van der Waals surface area contributed by atoms with Gasteiger partial charge in [0.05, 0.1) is 12.0 Å². The zero-order chi connectivity index (χ0) is 20.9. The van der Waals surface area contributed by atoms with Gasteiger partial charge in [0, 0.05) is 23.1 Å². The molecule has 0 spiro atoms. The van der Waals surface area contributed by atoms with Crippen LogP contribution >= 0.6 is 11.3 Å². The SMILES string of the molecule is O=C(CCNC(=O)c1ccsc1)OCc1nc(-c2ccc(C(F)(F)F)cc2)no1.